The van der Waals surface area contributed by atoms with Gasteiger partial charge in [-0.25, -0.2) is 0 Å². The van der Waals surface area contributed by atoms with Crippen molar-refractivity contribution in [2.24, 2.45) is 4.99 Å². The summed E-state index contributed by atoms with van der Waals surface area (Å²) in [6.45, 7) is 3.54. The van der Waals surface area contributed by atoms with Crippen LogP contribution in [-0.4, -0.2) is 37.3 Å². The van der Waals surface area contributed by atoms with Crippen molar-refractivity contribution in [3.8, 4) is 0 Å². The van der Waals surface area contributed by atoms with Gasteiger partial charge in [0.2, 0.25) is 0 Å². The van der Waals surface area contributed by atoms with Crippen LogP contribution < -0.4 is 10.6 Å². The summed E-state index contributed by atoms with van der Waals surface area (Å²) in [5, 5.41) is 8.22. The van der Waals surface area contributed by atoms with Crippen molar-refractivity contribution in [2.45, 2.75) is 50.9 Å². The largest absolute Gasteiger partial charge is 0.373 e. The summed E-state index contributed by atoms with van der Waals surface area (Å²) in [5.41, 5.74) is 0.957. The Morgan fingerprint density at radius 1 is 1.30 bits per heavy atom. The third kappa shape index (κ3) is 4.11. The van der Waals surface area contributed by atoms with Crippen LogP contribution in [-0.2, 0) is 11.2 Å². The first-order valence-corrected chi connectivity index (χ1v) is 9.06. The Balaban J connectivity index is 1.58. The second kappa shape index (κ2) is 7.73. The van der Waals surface area contributed by atoms with E-state index in [-0.39, 0.29) is 0 Å². The van der Waals surface area contributed by atoms with E-state index in [9.17, 15) is 0 Å². The van der Waals surface area contributed by atoms with Gasteiger partial charge in [0.05, 0.1) is 18.2 Å². The van der Waals surface area contributed by atoms with Crippen LogP contribution in [0.25, 0.3) is 0 Å². The molecule has 2 fully saturated rings. The van der Waals surface area contributed by atoms with Gasteiger partial charge in [0.25, 0.3) is 0 Å². The van der Waals surface area contributed by atoms with Crippen LogP contribution in [0.1, 0.15) is 31.7 Å². The van der Waals surface area contributed by atoms with E-state index in [1.165, 1.54) is 6.42 Å². The van der Waals surface area contributed by atoms with Gasteiger partial charge in [0.1, 0.15) is 0 Å². The average Bonchev–Trinajstić information content (AvgIpc) is 3.13. The minimum absolute atomic E-state index is 0.335. The number of fused-ring (bicyclic) bond motifs is 2. The van der Waals surface area contributed by atoms with Crippen molar-refractivity contribution in [2.75, 3.05) is 13.1 Å². The number of rotatable bonds is 5. The molecular weight excluding hydrogens is 333 g/mol. The summed E-state index contributed by atoms with van der Waals surface area (Å²) in [5.74, 6) is 0.844. The molecule has 3 rings (SSSR count). The average molecular weight is 356 g/mol. The lowest BCUT2D eigenvalue weighted by Gasteiger charge is -2.22. The summed E-state index contributed by atoms with van der Waals surface area (Å²) in [4.78, 5) is 4.66. The molecule has 4 nitrogen and oxygen atoms in total. The molecule has 2 aliphatic heterocycles. The smallest absolute Gasteiger partial charge is 0.191 e. The lowest BCUT2D eigenvalue weighted by Crippen LogP contribution is -2.47. The predicted molar refractivity (Wildman–Crippen MR) is 95.6 cm³/mol. The lowest BCUT2D eigenvalue weighted by molar-refractivity contribution is 0.0992. The van der Waals surface area contributed by atoms with Crippen LogP contribution in [0.15, 0.2) is 23.2 Å². The van der Waals surface area contributed by atoms with Crippen LogP contribution >= 0.6 is 23.2 Å². The quantitative estimate of drug-likeness (QED) is 0.628. The fraction of sp³-hybridized carbons (Fsp3) is 0.588. The molecule has 0 saturated carbocycles. The van der Waals surface area contributed by atoms with Crippen molar-refractivity contribution in [3.63, 3.8) is 0 Å². The summed E-state index contributed by atoms with van der Waals surface area (Å²) >= 11 is 12.4. The van der Waals surface area contributed by atoms with Gasteiger partial charge in [0.15, 0.2) is 5.96 Å². The van der Waals surface area contributed by atoms with Crippen molar-refractivity contribution < 1.29 is 4.74 Å². The Morgan fingerprint density at radius 3 is 2.70 bits per heavy atom. The molecule has 2 heterocycles. The van der Waals surface area contributed by atoms with Gasteiger partial charge in [-0.15, -0.1) is 0 Å². The fourth-order valence-corrected chi connectivity index (χ4v) is 3.92. The molecule has 3 unspecified atom stereocenters. The Morgan fingerprint density at radius 2 is 2.09 bits per heavy atom. The van der Waals surface area contributed by atoms with Crippen LogP contribution in [0.3, 0.4) is 0 Å². The lowest BCUT2D eigenvalue weighted by atomic mass is 9.96. The molecule has 0 spiro atoms. The Labute approximate surface area is 147 Å². The van der Waals surface area contributed by atoms with E-state index in [2.05, 4.69) is 22.5 Å². The normalized spacial score (nSPS) is 26.6. The molecule has 3 atom stereocenters. The second-order valence-electron chi connectivity index (χ2n) is 6.07. The molecule has 2 N–H and O–H groups in total. The molecule has 0 aromatic heterocycles. The molecular formula is C17H23Cl2N3O. The molecule has 2 saturated heterocycles. The van der Waals surface area contributed by atoms with Crippen LogP contribution in [0, 0.1) is 0 Å². The first-order valence-electron chi connectivity index (χ1n) is 8.30. The van der Waals surface area contributed by atoms with Gasteiger partial charge >= 0.3 is 0 Å². The maximum Gasteiger partial charge on any atom is 0.191 e. The molecule has 23 heavy (non-hydrogen) atoms. The second-order valence-corrected chi connectivity index (χ2v) is 6.89. The molecule has 126 valence electrons. The number of nitrogens with one attached hydrogen (secondary N) is 2. The molecule has 2 bridgehead atoms. The predicted octanol–water partition coefficient (Wildman–Crippen LogP) is 3.41. The van der Waals surface area contributed by atoms with Gasteiger partial charge in [-0.1, -0.05) is 29.3 Å². The molecule has 1 aromatic rings. The molecule has 0 radical (unpaired) electrons. The Hall–Kier alpha value is -0.970. The Kier molecular flexibility index (Phi) is 5.67. The highest BCUT2D eigenvalue weighted by atomic mass is 35.5. The zero-order valence-electron chi connectivity index (χ0n) is 13.3. The number of halogens is 2. The van der Waals surface area contributed by atoms with Crippen molar-refractivity contribution in [1.29, 1.82) is 0 Å². The van der Waals surface area contributed by atoms with E-state index >= 15 is 0 Å². The number of hydrogen-bond donors (Lipinski definition) is 2. The van der Waals surface area contributed by atoms with Gasteiger partial charge in [0, 0.05) is 23.1 Å². The van der Waals surface area contributed by atoms with Gasteiger partial charge in [-0.3, -0.25) is 4.99 Å². The third-order valence-electron chi connectivity index (χ3n) is 4.47. The van der Waals surface area contributed by atoms with Gasteiger partial charge < -0.3 is 15.4 Å². The summed E-state index contributed by atoms with van der Waals surface area (Å²) in [7, 11) is 0. The maximum atomic E-state index is 6.21. The summed E-state index contributed by atoms with van der Waals surface area (Å²) in [6, 6.07) is 5.96. The molecule has 0 amide bonds. The highest BCUT2D eigenvalue weighted by Crippen LogP contribution is 2.34. The number of aliphatic imine (C=N–C) groups is 1. The summed E-state index contributed by atoms with van der Waals surface area (Å²) in [6.07, 6.45) is 4.91. The SMILES string of the molecule is CCNC(=NCCc1c(Cl)cccc1Cl)NC1CC2CCC1O2. The van der Waals surface area contributed by atoms with E-state index in [1.54, 1.807) is 0 Å². The van der Waals surface area contributed by atoms with Crippen molar-refractivity contribution in [3.05, 3.63) is 33.8 Å². The van der Waals surface area contributed by atoms with Crippen LogP contribution in [0.4, 0.5) is 0 Å². The topological polar surface area (TPSA) is 45.7 Å². The van der Waals surface area contributed by atoms with E-state index in [4.69, 9.17) is 27.9 Å². The highest BCUT2D eigenvalue weighted by molar-refractivity contribution is 6.35. The standard InChI is InChI=1S/C17H23Cl2N3O/c1-2-20-17(22-15-10-11-6-7-16(15)23-11)21-9-8-12-13(18)4-3-5-14(12)19/h3-5,11,15-16H,2,6-10H2,1H3,(H2,20,21,22). The molecule has 2 aliphatic rings. The minimum Gasteiger partial charge on any atom is -0.373 e. The van der Waals surface area contributed by atoms with Crippen LogP contribution in [0.5, 0.6) is 0 Å². The molecule has 0 aliphatic carbocycles. The van der Waals surface area contributed by atoms with E-state index < -0.39 is 0 Å². The zero-order chi connectivity index (χ0) is 16.2. The maximum absolute atomic E-state index is 6.21. The zero-order valence-corrected chi connectivity index (χ0v) is 14.8. The number of guanidine groups is 1. The third-order valence-corrected chi connectivity index (χ3v) is 5.17. The van der Waals surface area contributed by atoms with Crippen LogP contribution in [0.2, 0.25) is 10.0 Å². The molecule has 1 aromatic carbocycles. The molecule has 6 heteroatoms. The Bertz CT molecular complexity index is 559. The number of benzene rings is 1. The van der Waals surface area contributed by atoms with Gasteiger partial charge in [-0.2, -0.15) is 0 Å². The number of hydrogen-bond acceptors (Lipinski definition) is 2. The minimum atomic E-state index is 0.335. The number of nitrogens with zero attached hydrogens (tertiary/aromatic N) is 1. The fourth-order valence-electron chi connectivity index (χ4n) is 3.34. The monoisotopic (exact) mass is 355 g/mol. The van der Waals surface area contributed by atoms with Gasteiger partial charge in [-0.05, 0) is 50.3 Å². The first-order chi connectivity index (χ1) is 11.2. The van der Waals surface area contributed by atoms with E-state index in [0.717, 1.165) is 37.3 Å². The van der Waals surface area contributed by atoms with E-state index in [1.807, 2.05) is 18.2 Å². The number of ether oxygens (including phenoxy) is 1. The van der Waals surface area contributed by atoms with Crippen molar-refractivity contribution >= 4 is 29.2 Å². The highest BCUT2D eigenvalue weighted by Gasteiger charge is 2.41. The first kappa shape index (κ1) is 16.9. The van der Waals surface area contributed by atoms with E-state index in [0.29, 0.717) is 34.8 Å². The van der Waals surface area contributed by atoms with Crippen molar-refractivity contribution in [1.82, 2.24) is 10.6 Å². The summed E-state index contributed by atoms with van der Waals surface area (Å²) < 4.78 is 5.89.